The Morgan fingerprint density at radius 2 is 1.65 bits per heavy atom. The van der Waals surface area contributed by atoms with Crippen molar-refractivity contribution in [3.05, 3.63) is 77.0 Å². The number of aromatic nitrogens is 2. The molecule has 6 nitrogen and oxygen atoms in total. The summed E-state index contributed by atoms with van der Waals surface area (Å²) in [4.78, 5) is 29.7. The maximum atomic E-state index is 14.0. The lowest BCUT2D eigenvalue weighted by atomic mass is 9.93. The molecule has 6 heteroatoms. The predicted octanol–water partition coefficient (Wildman–Crippen LogP) is 5.67. The molecule has 1 unspecified atom stereocenters. The molecule has 0 saturated heterocycles. The maximum Gasteiger partial charge on any atom is 0.273 e. The summed E-state index contributed by atoms with van der Waals surface area (Å²) in [7, 11) is 0. The molecule has 1 saturated carbocycles. The molecular weight excluding hydrogens is 460 g/mol. The quantitative estimate of drug-likeness (QED) is 0.445. The lowest BCUT2D eigenvalue weighted by Gasteiger charge is -2.44. The van der Waals surface area contributed by atoms with E-state index in [-0.39, 0.29) is 17.9 Å². The molecule has 1 aromatic heterocycles. The van der Waals surface area contributed by atoms with E-state index in [0.29, 0.717) is 18.8 Å². The third-order valence-corrected chi connectivity index (χ3v) is 8.10. The van der Waals surface area contributed by atoms with Crippen LogP contribution in [0.1, 0.15) is 79.6 Å². The minimum Gasteiger partial charge on any atom is -0.351 e. The lowest BCUT2D eigenvalue weighted by molar-refractivity contribution is -0.134. The van der Waals surface area contributed by atoms with E-state index in [1.54, 1.807) is 9.58 Å². The van der Waals surface area contributed by atoms with Gasteiger partial charge in [0.1, 0.15) is 11.2 Å². The van der Waals surface area contributed by atoms with Gasteiger partial charge in [0.25, 0.3) is 5.91 Å². The Morgan fingerprint density at radius 1 is 1.00 bits per heavy atom. The SMILES string of the molecule is CCc1ccc(-c2cc3n(n2)CC(C)(C(=O)NC2CCCCCC2)N(Cc2ccc(C)cc2)C3=O)cc1. The van der Waals surface area contributed by atoms with Gasteiger partial charge < -0.3 is 10.2 Å². The van der Waals surface area contributed by atoms with Gasteiger partial charge in [0.05, 0.1) is 12.2 Å². The molecule has 1 aliphatic carbocycles. The monoisotopic (exact) mass is 498 g/mol. The van der Waals surface area contributed by atoms with Crippen LogP contribution in [0.15, 0.2) is 54.6 Å². The second-order valence-corrected chi connectivity index (χ2v) is 10.9. The fraction of sp³-hybridized carbons (Fsp3) is 0.452. The van der Waals surface area contributed by atoms with Crippen LogP contribution in [0, 0.1) is 6.92 Å². The number of hydrogen-bond donors (Lipinski definition) is 1. The van der Waals surface area contributed by atoms with Crippen LogP contribution < -0.4 is 5.32 Å². The first-order valence-electron chi connectivity index (χ1n) is 13.7. The summed E-state index contributed by atoms with van der Waals surface area (Å²) in [6.07, 6.45) is 7.69. The number of hydrogen-bond acceptors (Lipinski definition) is 3. The van der Waals surface area contributed by atoms with E-state index in [1.807, 2.05) is 32.0 Å². The van der Waals surface area contributed by atoms with E-state index in [0.717, 1.165) is 48.9 Å². The molecule has 2 aromatic carbocycles. The smallest absolute Gasteiger partial charge is 0.273 e. The number of carbonyl (C=O) groups is 2. The Kier molecular flexibility index (Phi) is 7.18. The van der Waals surface area contributed by atoms with Gasteiger partial charge in [-0.3, -0.25) is 14.3 Å². The Hall–Kier alpha value is -3.41. The van der Waals surface area contributed by atoms with E-state index >= 15 is 0 Å². The first kappa shape index (κ1) is 25.2. The molecule has 194 valence electrons. The van der Waals surface area contributed by atoms with Crippen LogP contribution in [-0.4, -0.2) is 38.1 Å². The lowest BCUT2D eigenvalue weighted by Crippen LogP contribution is -2.64. The highest BCUT2D eigenvalue weighted by atomic mass is 16.2. The molecule has 3 aromatic rings. The summed E-state index contributed by atoms with van der Waals surface area (Å²) in [5.41, 5.74) is 4.65. The van der Waals surface area contributed by atoms with Gasteiger partial charge >= 0.3 is 0 Å². The van der Waals surface area contributed by atoms with Crippen LogP contribution in [0.2, 0.25) is 0 Å². The maximum absolute atomic E-state index is 14.0. The van der Waals surface area contributed by atoms with Gasteiger partial charge in [0, 0.05) is 18.2 Å². The first-order chi connectivity index (χ1) is 17.9. The molecule has 1 aliphatic heterocycles. The predicted molar refractivity (Wildman–Crippen MR) is 146 cm³/mol. The third-order valence-electron chi connectivity index (χ3n) is 8.10. The molecule has 1 N–H and O–H groups in total. The fourth-order valence-electron chi connectivity index (χ4n) is 5.58. The van der Waals surface area contributed by atoms with Crippen LogP contribution in [0.3, 0.4) is 0 Å². The van der Waals surface area contributed by atoms with Crippen molar-refractivity contribution in [1.82, 2.24) is 20.0 Å². The van der Waals surface area contributed by atoms with Crippen molar-refractivity contribution in [1.29, 1.82) is 0 Å². The summed E-state index contributed by atoms with van der Waals surface area (Å²) >= 11 is 0. The highest BCUT2D eigenvalue weighted by Gasteiger charge is 2.48. The summed E-state index contributed by atoms with van der Waals surface area (Å²) in [5.74, 6) is -0.246. The van der Waals surface area contributed by atoms with Gasteiger partial charge in [-0.05, 0) is 50.3 Å². The van der Waals surface area contributed by atoms with Gasteiger partial charge in [-0.25, -0.2) is 0 Å². The molecule has 0 bridgehead atoms. The Bertz CT molecular complexity index is 1250. The highest BCUT2D eigenvalue weighted by Crippen LogP contribution is 2.32. The second-order valence-electron chi connectivity index (χ2n) is 10.9. The average Bonchev–Trinajstić information content (AvgIpc) is 3.16. The van der Waals surface area contributed by atoms with Crippen LogP contribution >= 0.6 is 0 Å². The standard InChI is InChI=1S/C31H38N4O2/c1-4-23-15-17-25(18-16-23)27-19-28-29(36)34(20-24-13-11-22(2)12-14-24)31(3,21-35(28)33-27)30(37)32-26-9-7-5-6-8-10-26/h11-19,26H,4-10,20-21H2,1-3H3,(H,32,37). The molecule has 5 rings (SSSR count). The molecule has 2 amide bonds. The zero-order chi connectivity index (χ0) is 26.0. The van der Waals surface area contributed by atoms with Crippen LogP contribution in [0.25, 0.3) is 11.3 Å². The molecule has 2 heterocycles. The number of carbonyl (C=O) groups excluding carboxylic acids is 2. The minimum absolute atomic E-state index is 0.0881. The first-order valence-corrected chi connectivity index (χ1v) is 13.7. The van der Waals surface area contributed by atoms with E-state index in [4.69, 9.17) is 5.10 Å². The van der Waals surface area contributed by atoms with Crippen LogP contribution in [-0.2, 0) is 24.3 Å². The summed E-state index contributed by atoms with van der Waals surface area (Å²) in [5, 5.41) is 8.13. The van der Waals surface area contributed by atoms with Crippen molar-refractivity contribution in [2.45, 2.75) is 90.4 Å². The van der Waals surface area contributed by atoms with Gasteiger partial charge in [-0.2, -0.15) is 5.10 Å². The molecule has 1 fully saturated rings. The topological polar surface area (TPSA) is 67.2 Å². The second kappa shape index (κ2) is 10.5. The molecule has 1 atom stereocenters. The van der Waals surface area contributed by atoms with E-state index in [9.17, 15) is 9.59 Å². The normalized spacial score (nSPS) is 20.4. The number of amides is 2. The van der Waals surface area contributed by atoms with Crippen molar-refractivity contribution < 1.29 is 9.59 Å². The van der Waals surface area contributed by atoms with E-state index in [2.05, 4.69) is 48.6 Å². The van der Waals surface area contributed by atoms with Crippen molar-refractivity contribution >= 4 is 11.8 Å². The van der Waals surface area contributed by atoms with Gasteiger partial charge in [-0.15, -0.1) is 0 Å². The summed E-state index contributed by atoms with van der Waals surface area (Å²) in [6.45, 7) is 6.77. The average molecular weight is 499 g/mol. The number of fused-ring (bicyclic) bond motifs is 1. The Balaban J connectivity index is 1.49. The Morgan fingerprint density at radius 3 is 2.30 bits per heavy atom. The van der Waals surface area contributed by atoms with Crippen LogP contribution in [0.4, 0.5) is 0 Å². The molecule has 2 aliphatic rings. The van der Waals surface area contributed by atoms with Crippen LogP contribution in [0.5, 0.6) is 0 Å². The summed E-state index contributed by atoms with van der Waals surface area (Å²) in [6, 6.07) is 18.5. The highest BCUT2D eigenvalue weighted by molar-refractivity contribution is 6.00. The van der Waals surface area contributed by atoms with Crippen molar-refractivity contribution in [2.75, 3.05) is 0 Å². The van der Waals surface area contributed by atoms with Crippen molar-refractivity contribution in [2.24, 2.45) is 0 Å². The van der Waals surface area contributed by atoms with Crippen molar-refractivity contribution in [3.8, 4) is 11.3 Å². The number of nitrogens with zero attached hydrogens (tertiary/aromatic N) is 3. The molecule has 37 heavy (non-hydrogen) atoms. The number of rotatable bonds is 6. The van der Waals surface area contributed by atoms with Gasteiger partial charge in [0.15, 0.2) is 0 Å². The van der Waals surface area contributed by atoms with E-state index in [1.165, 1.54) is 24.0 Å². The largest absolute Gasteiger partial charge is 0.351 e. The minimum atomic E-state index is -1.05. The third kappa shape index (κ3) is 5.20. The van der Waals surface area contributed by atoms with Gasteiger partial charge in [-0.1, -0.05) is 86.7 Å². The summed E-state index contributed by atoms with van der Waals surface area (Å²) < 4.78 is 1.74. The molecule has 0 spiro atoms. The number of benzene rings is 2. The molecular formula is C31H38N4O2. The zero-order valence-electron chi connectivity index (χ0n) is 22.3. The Labute approximate surface area is 220 Å². The van der Waals surface area contributed by atoms with E-state index < -0.39 is 5.54 Å². The fourth-order valence-corrected chi connectivity index (χ4v) is 5.58. The number of aryl methyl sites for hydroxylation is 2. The molecule has 0 radical (unpaired) electrons. The van der Waals surface area contributed by atoms with Gasteiger partial charge in [0.2, 0.25) is 5.91 Å². The van der Waals surface area contributed by atoms with Crippen molar-refractivity contribution in [3.63, 3.8) is 0 Å². The zero-order valence-corrected chi connectivity index (χ0v) is 22.3. The number of nitrogens with one attached hydrogen (secondary N) is 1.